The lowest BCUT2D eigenvalue weighted by molar-refractivity contribution is -0.148. The fraction of sp³-hybridized carbons (Fsp3) is 0.500. The van der Waals surface area contributed by atoms with Crippen molar-refractivity contribution in [2.24, 2.45) is 5.92 Å². The average molecular weight is 434 g/mol. The van der Waals surface area contributed by atoms with Gasteiger partial charge in [0.05, 0.1) is 11.2 Å². The highest BCUT2D eigenvalue weighted by molar-refractivity contribution is 5.99. The van der Waals surface area contributed by atoms with Gasteiger partial charge in [-0.25, -0.2) is 4.79 Å². The molecule has 0 amide bonds. The quantitative estimate of drug-likeness (QED) is 0.410. The number of Topliss-reactive ketones (excluding diaryl/α,β-unsaturated/α-hetero) is 1. The monoisotopic (exact) mass is 434 g/mol. The number of hydrogen-bond donors (Lipinski definition) is 3. The molecule has 1 fully saturated rings. The van der Waals surface area contributed by atoms with Gasteiger partial charge in [-0.05, 0) is 49.6 Å². The molecule has 0 spiro atoms. The van der Waals surface area contributed by atoms with E-state index in [4.69, 9.17) is 14.2 Å². The Balaban J connectivity index is 2.10. The number of esters is 2. The van der Waals surface area contributed by atoms with E-state index in [2.05, 4.69) is 6.58 Å². The van der Waals surface area contributed by atoms with E-state index in [1.807, 2.05) is 0 Å². The van der Waals surface area contributed by atoms with Crippen LogP contribution in [0.25, 0.3) is 0 Å². The van der Waals surface area contributed by atoms with E-state index in [1.165, 1.54) is 32.9 Å². The van der Waals surface area contributed by atoms with Gasteiger partial charge in [-0.1, -0.05) is 6.58 Å². The second-order valence-corrected chi connectivity index (χ2v) is 8.31. The molecule has 0 radical (unpaired) electrons. The molecule has 3 aliphatic rings. The molecule has 31 heavy (non-hydrogen) atoms. The van der Waals surface area contributed by atoms with E-state index in [9.17, 15) is 29.7 Å². The third-order valence-corrected chi connectivity index (χ3v) is 5.50. The predicted molar refractivity (Wildman–Crippen MR) is 106 cm³/mol. The second kappa shape index (κ2) is 8.41. The zero-order chi connectivity index (χ0) is 23.1. The lowest BCUT2D eigenvalue weighted by atomic mass is 9.85. The van der Waals surface area contributed by atoms with Crippen LogP contribution in [0.3, 0.4) is 0 Å². The highest BCUT2D eigenvalue weighted by Gasteiger charge is 2.46. The first-order valence-corrected chi connectivity index (χ1v) is 9.87. The number of allylic oxidation sites excluding steroid dienone is 1. The summed E-state index contributed by atoms with van der Waals surface area (Å²) < 4.78 is 16.0. The summed E-state index contributed by atoms with van der Waals surface area (Å²) in [6.45, 7) is 7.86. The number of rotatable bonds is 1. The van der Waals surface area contributed by atoms with Gasteiger partial charge in [-0.2, -0.15) is 0 Å². The summed E-state index contributed by atoms with van der Waals surface area (Å²) in [6, 6.07) is 0. The van der Waals surface area contributed by atoms with Crippen LogP contribution in [0, 0.1) is 5.92 Å². The van der Waals surface area contributed by atoms with Crippen molar-refractivity contribution < 1.29 is 43.9 Å². The molecular formula is C22H26O9. The van der Waals surface area contributed by atoms with Gasteiger partial charge < -0.3 is 29.5 Å². The molecule has 168 valence electrons. The molecule has 0 aromatic heterocycles. The molecular weight excluding hydrogens is 408 g/mol. The second-order valence-electron chi connectivity index (χ2n) is 8.31. The van der Waals surface area contributed by atoms with Crippen molar-refractivity contribution in [2.45, 2.75) is 63.8 Å². The number of ketones is 1. The Morgan fingerprint density at radius 3 is 2.68 bits per heavy atom. The Morgan fingerprint density at radius 2 is 2.03 bits per heavy atom. The standard InChI is InChI=1S/C22H26O9/c1-10-5-13(24)8-22(4,28)9-14-6-16(21(27)30-14)17(29-12(3)23)7-15-11(2)20(26)31-19(15)18(10)25/h5-6,8,14-15,17,19-20,24,26,28H,2,7,9H2,1,3-4H3/b10-5-,13-8+/t14-,15+,17-,19+,20+,22-/m1/s1. The van der Waals surface area contributed by atoms with Crippen molar-refractivity contribution in [1.82, 2.24) is 0 Å². The minimum atomic E-state index is -1.57. The van der Waals surface area contributed by atoms with Gasteiger partial charge in [-0.3, -0.25) is 9.59 Å². The molecule has 9 nitrogen and oxygen atoms in total. The summed E-state index contributed by atoms with van der Waals surface area (Å²) in [5.41, 5.74) is -1.17. The minimum Gasteiger partial charge on any atom is -0.508 e. The summed E-state index contributed by atoms with van der Waals surface area (Å²) in [7, 11) is 0. The molecule has 0 unspecified atom stereocenters. The van der Waals surface area contributed by atoms with Gasteiger partial charge in [0, 0.05) is 19.3 Å². The number of hydrogen-bond acceptors (Lipinski definition) is 9. The lowest BCUT2D eigenvalue weighted by Gasteiger charge is -2.24. The first-order valence-electron chi connectivity index (χ1n) is 9.87. The predicted octanol–water partition coefficient (Wildman–Crippen LogP) is 1.16. The Kier molecular flexibility index (Phi) is 6.22. The summed E-state index contributed by atoms with van der Waals surface area (Å²) >= 11 is 0. The van der Waals surface area contributed by atoms with Crippen molar-refractivity contribution in [3.05, 3.63) is 47.3 Å². The van der Waals surface area contributed by atoms with Crippen LogP contribution in [-0.4, -0.2) is 63.2 Å². The van der Waals surface area contributed by atoms with Crippen LogP contribution in [0.1, 0.15) is 33.6 Å². The fourth-order valence-corrected chi connectivity index (χ4v) is 4.08. The van der Waals surface area contributed by atoms with E-state index >= 15 is 0 Å². The van der Waals surface area contributed by atoms with Crippen molar-refractivity contribution in [2.75, 3.05) is 0 Å². The van der Waals surface area contributed by atoms with Crippen LogP contribution in [0.15, 0.2) is 47.3 Å². The number of aliphatic hydroxyl groups excluding tert-OH is 2. The van der Waals surface area contributed by atoms with Crippen LogP contribution in [0.5, 0.6) is 0 Å². The molecule has 1 aliphatic carbocycles. The number of ether oxygens (including phenoxy) is 3. The normalized spacial score (nSPS) is 40.0. The maximum atomic E-state index is 13.0. The fourth-order valence-electron chi connectivity index (χ4n) is 4.08. The van der Waals surface area contributed by atoms with Gasteiger partial charge in [0.1, 0.15) is 24.1 Å². The summed E-state index contributed by atoms with van der Waals surface area (Å²) in [6.07, 6.45) is -0.814. The van der Waals surface area contributed by atoms with Gasteiger partial charge in [-0.15, -0.1) is 0 Å². The van der Waals surface area contributed by atoms with Crippen molar-refractivity contribution in [3.63, 3.8) is 0 Å². The molecule has 0 aromatic carbocycles. The molecule has 6 atom stereocenters. The van der Waals surface area contributed by atoms with Crippen LogP contribution >= 0.6 is 0 Å². The largest absolute Gasteiger partial charge is 0.508 e. The Morgan fingerprint density at radius 1 is 1.35 bits per heavy atom. The average Bonchev–Trinajstić information content (AvgIpc) is 3.12. The molecule has 2 aliphatic heterocycles. The molecule has 2 bridgehead atoms. The van der Waals surface area contributed by atoms with E-state index in [-0.39, 0.29) is 35.3 Å². The maximum absolute atomic E-state index is 13.0. The first-order chi connectivity index (χ1) is 14.4. The molecule has 0 aromatic rings. The van der Waals surface area contributed by atoms with Crippen molar-refractivity contribution in [3.8, 4) is 0 Å². The SMILES string of the molecule is C=C1[C@@H](O)O[C@@H]2C(=O)/C(C)=C\C(O)=C/[C@@](C)(O)C[C@H]3C=C(C(=O)O3)[C@H](OC(C)=O)C[C@@H]12. The van der Waals surface area contributed by atoms with Gasteiger partial charge >= 0.3 is 11.9 Å². The lowest BCUT2D eigenvalue weighted by Crippen LogP contribution is -2.33. The Hall–Kier alpha value is -2.75. The summed E-state index contributed by atoms with van der Waals surface area (Å²) in [5.74, 6) is -3.01. The van der Waals surface area contributed by atoms with Crippen molar-refractivity contribution >= 4 is 17.7 Å². The topological polar surface area (TPSA) is 140 Å². The highest BCUT2D eigenvalue weighted by atomic mass is 16.6. The highest BCUT2D eigenvalue weighted by Crippen LogP contribution is 2.38. The molecule has 2 heterocycles. The minimum absolute atomic E-state index is 0.0506. The number of aliphatic hydroxyl groups is 3. The number of carbonyl (C=O) groups excluding carboxylic acids is 3. The molecule has 3 rings (SSSR count). The molecule has 3 N–H and O–H groups in total. The number of carbonyl (C=O) groups is 3. The van der Waals surface area contributed by atoms with E-state index in [1.54, 1.807) is 0 Å². The number of fused-ring (bicyclic) bond motifs is 2. The molecule has 9 heteroatoms. The van der Waals surface area contributed by atoms with Gasteiger partial charge in [0.2, 0.25) is 0 Å². The van der Waals surface area contributed by atoms with Crippen LogP contribution < -0.4 is 0 Å². The Labute approximate surface area is 179 Å². The summed E-state index contributed by atoms with van der Waals surface area (Å²) in [5, 5.41) is 31.0. The zero-order valence-corrected chi connectivity index (χ0v) is 17.5. The van der Waals surface area contributed by atoms with E-state index < -0.39 is 53.8 Å². The van der Waals surface area contributed by atoms with Crippen LogP contribution in [-0.2, 0) is 28.6 Å². The van der Waals surface area contributed by atoms with E-state index in [0.717, 1.165) is 6.08 Å². The third-order valence-electron chi connectivity index (χ3n) is 5.50. The molecule has 0 saturated carbocycles. The van der Waals surface area contributed by atoms with Crippen molar-refractivity contribution in [1.29, 1.82) is 0 Å². The summed E-state index contributed by atoms with van der Waals surface area (Å²) in [4.78, 5) is 37.2. The van der Waals surface area contributed by atoms with Gasteiger partial charge in [0.15, 0.2) is 12.1 Å². The maximum Gasteiger partial charge on any atom is 0.338 e. The third kappa shape index (κ3) is 4.95. The van der Waals surface area contributed by atoms with Gasteiger partial charge in [0.25, 0.3) is 0 Å². The first kappa shape index (κ1) is 22.9. The van der Waals surface area contributed by atoms with Crippen LogP contribution in [0.2, 0.25) is 0 Å². The van der Waals surface area contributed by atoms with E-state index in [0.29, 0.717) is 0 Å². The smallest absolute Gasteiger partial charge is 0.338 e. The zero-order valence-electron chi connectivity index (χ0n) is 17.5. The molecule has 1 saturated heterocycles. The van der Waals surface area contributed by atoms with Crippen LogP contribution in [0.4, 0.5) is 0 Å². The Bertz CT molecular complexity index is 908.